The van der Waals surface area contributed by atoms with Crippen molar-refractivity contribution < 1.29 is 39.9 Å². The Kier molecular flexibility index (Phi) is 4.05. The quantitative estimate of drug-likeness (QED) is 0.237. The molecular weight excluding hydrogens is 344 g/mol. The average molecular weight is 358 g/mol. The Bertz CT molecular complexity index is 946. The normalized spacial score (nSPS) is 21.0. The van der Waals surface area contributed by atoms with Crippen LogP contribution in [0.25, 0.3) is 6.08 Å². The van der Waals surface area contributed by atoms with Gasteiger partial charge in [-0.2, -0.15) is 0 Å². The number of benzene rings is 2. The molecule has 1 saturated heterocycles. The predicted octanol–water partition coefficient (Wildman–Crippen LogP) is 1.06. The van der Waals surface area contributed by atoms with Gasteiger partial charge in [0.25, 0.3) is 0 Å². The number of ketones is 1. The largest absolute Gasteiger partial charge is 0.504 e. The van der Waals surface area contributed by atoms with Crippen molar-refractivity contribution in [3.8, 4) is 23.0 Å². The van der Waals surface area contributed by atoms with Crippen molar-refractivity contribution in [1.29, 1.82) is 0 Å². The molecule has 3 rings (SSSR count). The van der Waals surface area contributed by atoms with Crippen molar-refractivity contribution in [2.45, 2.75) is 5.60 Å². The second-order valence-electron chi connectivity index (χ2n) is 5.78. The minimum absolute atomic E-state index is 0.138. The number of esters is 1. The molecule has 5 N–H and O–H groups in total. The summed E-state index contributed by atoms with van der Waals surface area (Å²) in [6, 6.07) is 6.91. The summed E-state index contributed by atoms with van der Waals surface area (Å²) >= 11 is 0. The van der Waals surface area contributed by atoms with Crippen LogP contribution in [0, 0.1) is 0 Å². The van der Waals surface area contributed by atoms with Crippen molar-refractivity contribution in [3.05, 3.63) is 53.1 Å². The van der Waals surface area contributed by atoms with Crippen LogP contribution in [0.2, 0.25) is 0 Å². The van der Waals surface area contributed by atoms with Crippen molar-refractivity contribution in [2.75, 3.05) is 6.61 Å². The lowest BCUT2D eigenvalue weighted by Gasteiger charge is -2.19. The van der Waals surface area contributed by atoms with Gasteiger partial charge in [0.2, 0.25) is 5.78 Å². The van der Waals surface area contributed by atoms with E-state index >= 15 is 0 Å². The molecule has 1 aliphatic rings. The van der Waals surface area contributed by atoms with Crippen LogP contribution in [0.3, 0.4) is 0 Å². The van der Waals surface area contributed by atoms with Gasteiger partial charge in [0.1, 0.15) is 6.61 Å². The zero-order chi connectivity index (χ0) is 19.1. The fourth-order valence-electron chi connectivity index (χ4n) is 2.56. The third kappa shape index (κ3) is 2.82. The molecule has 0 radical (unpaired) electrons. The lowest BCUT2D eigenvalue weighted by atomic mass is 9.86. The average Bonchev–Trinajstić information content (AvgIpc) is 2.89. The number of rotatable bonds is 3. The fourth-order valence-corrected chi connectivity index (χ4v) is 2.56. The standard InChI is InChI=1S/C18H14O8/c19-12-3-1-9(6-14(12)21)5-11-17(24)26-8-18(11,25)16(23)10-2-4-13(20)15(22)7-10/h1-7,19-22,25H,8H2/b11-5-. The monoisotopic (exact) mass is 358 g/mol. The molecule has 134 valence electrons. The maximum Gasteiger partial charge on any atom is 0.337 e. The summed E-state index contributed by atoms with van der Waals surface area (Å²) in [5.41, 5.74) is -2.57. The van der Waals surface area contributed by atoms with E-state index in [4.69, 9.17) is 4.74 Å². The van der Waals surface area contributed by atoms with E-state index in [0.29, 0.717) is 0 Å². The molecule has 2 aromatic rings. The van der Waals surface area contributed by atoms with Crippen LogP contribution in [-0.2, 0) is 9.53 Å². The molecule has 26 heavy (non-hydrogen) atoms. The molecule has 8 nitrogen and oxygen atoms in total. The summed E-state index contributed by atoms with van der Waals surface area (Å²) in [5.74, 6) is -3.64. The molecule has 1 atom stereocenters. The highest BCUT2D eigenvalue weighted by Gasteiger charge is 2.50. The highest BCUT2D eigenvalue weighted by Crippen LogP contribution is 2.35. The number of hydrogen-bond donors (Lipinski definition) is 5. The Morgan fingerprint density at radius 3 is 2.19 bits per heavy atom. The van der Waals surface area contributed by atoms with E-state index in [1.54, 1.807) is 0 Å². The zero-order valence-electron chi connectivity index (χ0n) is 13.2. The van der Waals surface area contributed by atoms with Gasteiger partial charge < -0.3 is 30.3 Å². The Hall–Kier alpha value is -3.52. The van der Waals surface area contributed by atoms with E-state index in [-0.39, 0.29) is 22.4 Å². The van der Waals surface area contributed by atoms with E-state index in [1.165, 1.54) is 18.2 Å². The number of cyclic esters (lactones) is 1. The number of ether oxygens (including phenoxy) is 1. The number of aliphatic hydroxyl groups is 1. The maximum absolute atomic E-state index is 12.7. The van der Waals surface area contributed by atoms with Gasteiger partial charge in [-0.25, -0.2) is 4.79 Å². The molecule has 1 heterocycles. The first-order chi connectivity index (χ1) is 12.2. The van der Waals surface area contributed by atoms with Crippen molar-refractivity contribution in [1.82, 2.24) is 0 Å². The van der Waals surface area contributed by atoms with Gasteiger partial charge in [-0.1, -0.05) is 6.07 Å². The van der Waals surface area contributed by atoms with Crippen molar-refractivity contribution >= 4 is 17.8 Å². The van der Waals surface area contributed by atoms with Gasteiger partial charge >= 0.3 is 5.97 Å². The SMILES string of the molecule is O=C1OCC(O)(C(=O)c2ccc(O)c(O)c2)/C1=C\c1ccc(O)c(O)c1. The Morgan fingerprint density at radius 2 is 1.58 bits per heavy atom. The lowest BCUT2D eigenvalue weighted by Crippen LogP contribution is -2.41. The lowest BCUT2D eigenvalue weighted by molar-refractivity contribution is -0.135. The Labute approximate surface area is 146 Å². The molecule has 1 unspecified atom stereocenters. The highest BCUT2D eigenvalue weighted by atomic mass is 16.6. The van der Waals surface area contributed by atoms with Crippen LogP contribution in [0.5, 0.6) is 23.0 Å². The topological polar surface area (TPSA) is 145 Å². The van der Waals surface area contributed by atoms with Crippen molar-refractivity contribution in [2.24, 2.45) is 0 Å². The van der Waals surface area contributed by atoms with Crippen LogP contribution in [0.1, 0.15) is 15.9 Å². The third-order valence-corrected chi connectivity index (χ3v) is 4.00. The summed E-state index contributed by atoms with van der Waals surface area (Å²) in [6.07, 6.45) is 1.16. The van der Waals surface area contributed by atoms with Gasteiger partial charge in [-0.05, 0) is 42.0 Å². The molecule has 0 amide bonds. The molecule has 8 heteroatoms. The van der Waals surface area contributed by atoms with E-state index in [9.17, 15) is 35.1 Å². The van der Waals surface area contributed by atoms with Gasteiger partial charge in [-0.3, -0.25) is 4.79 Å². The first-order valence-electron chi connectivity index (χ1n) is 7.43. The van der Waals surface area contributed by atoms with Gasteiger partial charge in [0, 0.05) is 5.56 Å². The van der Waals surface area contributed by atoms with Gasteiger partial charge in [-0.15, -0.1) is 0 Å². The van der Waals surface area contributed by atoms with Crippen molar-refractivity contribution in [3.63, 3.8) is 0 Å². The van der Waals surface area contributed by atoms with E-state index in [0.717, 1.165) is 24.3 Å². The molecule has 2 aromatic carbocycles. The molecule has 1 aliphatic heterocycles. The summed E-state index contributed by atoms with van der Waals surface area (Å²) in [5, 5.41) is 48.5. The number of hydrogen-bond acceptors (Lipinski definition) is 8. The number of carbonyl (C=O) groups is 2. The molecule has 0 bridgehead atoms. The second-order valence-corrected chi connectivity index (χ2v) is 5.78. The molecule has 0 aliphatic carbocycles. The first-order valence-corrected chi connectivity index (χ1v) is 7.43. The van der Waals surface area contributed by atoms with Crippen LogP contribution in [0.4, 0.5) is 0 Å². The number of carbonyl (C=O) groups excluding carboxylic acids is 2. The smallest absolute Gasteiger partial charge is 0.337 e. The number of phenols is 4. The summed E-state index contributed by atoms with van der Waals surface area (Å²) in [6.45, 7) is -0.623. The first kappa shape index (κ1) is 17.3. The summed E-state index contributed by atoms with van der Waals surface area (Å²) in [4.78, 5) is 24.7. The maximum atomic E-state index is 12.7. The summed E-state index contributed by atoms with van der Waals surface area (Å²) < 4.78 is 4.80. The predicted molar refractivity (Wildman–Crippen MR) is 87.8 cm³/mol. The van der Waals surface area contributed by atoms with Crippen LogP contribution < -0.4 is 0 Å². The van der Waals surface area contributed by atoms with Gasteiger partial charge in [0.15, 0.2) is 28.6 Å². The van der Waals surface area contributed by atoms with E-state index in [2.05, 4.69) is 0 Å². The Balaban J connectivity index is 2.04. The van der Waals surface area contributed by atoms with E-state index in [1.807, 2.05) is 0 Å². The number of Topliss-reactive ketones (excluding diaryl/α,β-unsaturated/α-hetero) is 1. The summed E-state index contributed by atoms with van der Waals surface area (Å²) in [7, 11) is 0. The molecule has 0 spiro atoms. The minimum Gasteiger partial charge on any atom is -0.504 e. The van der Waals surface area contributed by atoms with Gasteiger partial charge in [0.05, 0.1) is 5.57 Å². The minimum atomic E-state index is -2.31. The molecule has 0 aromatic heterocycles. The fraction of sp³-hybridized carbons (Fsp3) is 0.111. The molecular formula is C18H14O8. The van der Waals surface area contributed by atoms with Crippen LogP contribution in [-0.4, -0.2) is 49.5 Å². The van der Waals surface area contributed by atoms with E-state index < -0.39 is 41.2 Å². The number of phenolic OH excluding ortho intramolecular Hbond substituents is 4. The van der Waals surface area contributed by atoms with Crippen LogP contribution in [0.15, 0.2) is 42.0 Å². The van der Waals surface area contributed by atoms with Crippen LogP contribution >= 0.6 is 0 Å². The highest BCUT2D eigenvalue weighted by molar-refractivity contribution is 6.14. The Morgan fingerprint density at radius 1 is 0.962 bits per heavy atom. The molecule has 0 saturated carbocycles. The second kappa shape index (κ2) is 6.08. The zero-order valence-corrected chi connectivity index (χ0v) is 13.2. The third-order valence-electron chi connectivity index (χ3n) is 4.00. The number of aromatic hydroxyl groups is 4. The molecule has 1 fully saturated rings.